The molecule has 4 rings (SSSR count). The topological polar surface area (TPSA) is 17.1 Å². The van der Waals surface area contributed by atoms with E-state index in [1.807, 2.05) is 12.1 Å². The van der Waals surface area contributed by atoms with Gasteiger partial charge in [-0.05, 0) is 84.7 Å². The number of Topliss-reactive ketones (excluding diaryl/α,β-unsaturated/α-hetero) is 1. The second-order valence-corrected chi connectivity index (χ2v) is 8.65. The molecule has 0 heterocycles. The van der Waals surface area contributed by atoms with Gasteiger partial charge in [-0.15, -0.1) is 0 Å². The lowest BCUT2D eigenvalue weighted by Crippen LogP contribution is -2.26. The highest BCUT2D eigenvalue weighted by molar-refractivity contribution is 5.80. The van der Waals surface area contributed by atoms with Crippen LogP contribution in [0.3, 0.4) is 0 Å². The van der Waals surface area contributed by atoms with E-state index in [4.69, 9.17) is 0 Å². The molecule has 2 aliphatic carbocycles. The van der Waals surface area contributed by atoms with Crippen LogP contribution in [-0.4, -0.2) is 5.78 Å². The van der Waals surface area contributed by atoms with Crippen molar-refractivity contribution in [1.82, 2.24) is 0 Å². The summed E-state index contributed by atoms with van der Waals surface area (Å²) in [5.41, 5.74) is 1.90. The van der Waals surface area contributed by atoms with Crippen LogP contribution in [0, 0.1) is 23.5 Å². The minimum absolute atomic E-state index is 0.103. The first-order chi connectivity index (χ1) is 13.6. The van der Waals surface area contributed by atoms with Crippen molar-refractivity contribution in [1.29, 1.82) is 0 Å². The zero-order chi connectivity index (χ0) is 19.5. The standard InChI is InChI=1S/C25H28F2O/c26-21-11-3-9-19(13-21)24(17-5-1-6-17)15-23(28)16-25(18-7-2-8-18)20-10-4-12-22(27)14-20/h3-4,9-14,17-18,24-25H,1-2,5-8,15-16H2/t24-,25-/m0/s1. The van der Waals surface area contributed by atoms with E-state index in [-0.39, 0.29) is 29.3 Å². The number of ketones is 1. The molecule has 0 amide bonds. The van der Waals surface area contributed by atoms with Gasteiger partial charge in [-0.25, -0.2) is 8.78 Å². The van der Waals surface area contributed by atoms with Gasteiger partial charge in [-0.1, -0.05) is 37.1 Å². The van der Waals surface area contributed by atoms with E-state index in [1.54, 1.807) is 24.3 Å². The minimum Gasteiger partial charge on any atom is -0.300 e. The Labute approximate surface area is 166 Å². The van der Waals surface area contributed by atoms with E-state index >= 15 is 0 Å². The van der Waals surface area contributed by atoms with E-state index in [0.29, 0.717) is 24.7 Å². The number of hydrogen-bond acceptors (Lipinski definition) is 1. The van der Waals surface area contributed by atoms with Crippen molar-refractivity contribution in [2.75, 3.05) is 0 Å². The molecule has 2 atom stereocenters. The zero-order valence-electron chi connectivity index (χ0n) is 16.2. The second-order valence-electron chi connectivity index (χ2n) is 8.65. The van der Waals surface area contributed by atoms with Crippen molar-refractivity contribution in [2.24, 2.45) is 11.8 Å². The molecule has 0 N–H and O–H groups in total. The molecule has 2 saturated carbocycles. The van der Waals surface area contributed by atoms with Crippen LogP contribution in [0.15, 0.2) is 48.5 Å². The molecule has 2 fully saturated rings. The molecule has 3 heteroatoms. The van der Waals surface area contributed by atoms with Gasteiger partial charge in [-0.3, -0.25) is 4.79 Å². The Morgan fingerprint density at radius 3 is 1.54 bits per heavy atom. The van der Waals surface area contributed by atoms with Crippen molar-refractivity contribution in [3.8, 4) is 0 Å². The SMILES string of the molecule is O=C(C[C@H](c1cccc(F)c1)C1CCC1)C[C@H](c1cccc(F)c1)C1CCC1. The van der Waals surface area contributed by atoms with Crippen molar-refractivity contribution in [3.63, 3.8) is 0 Å². The zero-order valence-corrected chi connectivity index (χ0v) is 16.2. The third-order valence-electron chi connectivity index (χ3n) is 6.89. The van der Waals surface area contributed by atoms with Crippen LogP contribution in [0.5, 0.6) is 0 Å². The van der Waals surface area contributed by atoms with Gasteiger partial charge in [0.2, 0.25) is 0 Å². The largest absolute Gasteiger partial charge is 0.300 e. The third-order valence-corrected chi connectivity index (χ3v) is 6.89. The van der Waals surface area contributed by atoms with Gasteiger partial charge in [0, 0.05) is 12.8 Å². The summed E-state index contributed by atoms with van der Waals surface area (Å²) in [6.45, 7) is 0. The first kappa shape index (κ1) is 19.3. The normalized spacial score (nSPS) is 19.5. The fourth-order valence-electron chi connectivity index (χ4n) is 4.85. The maximum absolute atomic E-state index is 13.8. The summed E-state index contributed by atoms with van der Waals surface area (Å²) >= 11 is 0. The highest BCUT2D eigenvalue weighted by Gasteiger charge is 2.34. The number of rotatable bonds is 8. The lowest BCUT2D eigenvalue weighted by atomic mass is 9.68. The smallest absolute Gasteiger partial charge is 0.134 e. The number of halogens is 2. The molecule has 28 heavy (non-hydrogen) atoms. The molecule has 0 spiro atoms. The quantitative estimate of drug-likeness (QED) is 0.492. The van der Waals surface area contributed by atoms with Crippen LogP contribution in [0.1, 0.15) is 74.3 Å². The van der Waals surface area contributed by atoms with Gasteiger partial charge in [0.1, 0.15) is 17.4 Å². The second kappa shape index (κ2) is 8.55. The van der Waals surface area contributed by atoms with E-state index in [1.165, 1.54) is 25.0 Å². The molecule has 2 aliphatic rings. The monoisotopic (exact) mass is 382 g/mol. The molecular formula is C25H28F2O. The lowest BCUT2D eigenvalue weighted by Gasteiger charge is -2.36. The van der Waals surface area contributed by atoms with Crippen molar-refractivity contribution in [2.45, 2.75) is 63.2 Å². The average molecular weight is 382 g/mol. The van der Waals surface area contributed by atoms with Crippen molar-refractivity contribution >= 4 is 5.78 Å². The number of hydrogen-bond donors (Lipinski definition) is 0. The van der Waals surface area contributed by atoms with E-state index in [9.17, 15) is 13.6 Å². The van der Waals surface area contributed by atoms with Gasteiger partial charge in [-0.2, -0.15) is 0 Å². The third kappa shape index (κ3) is 4.34. The highest BCUT2D eigenvalue weighted by atomic mass is 19.1. The Bertz CT molecular complexity index is 755. The Morgan fingerprint density at radius 1 is 0.786 bits per heavy atom. The molecule has 0 saturated heterocycles. The fraction of sp³-hybridized carbons (Fsp3) is 0.480. The number of benzene rings is 2. The van der Waals surface area contributed by atoms with Crippen molar-refractivity contribution < 1.29 is 13.6 Å². The molecule has 2 aromatic carbocycles. The Morgan fingerprint density at radius 2 is 1.21 bits per heavy atom. The Hall–Kier alpha value is -2.03. The predicted octanol–water partition coefficient (Wildman–Crippen LogP) is 6.78. The first-order valence-electron chi connectivity index (χ1n) is 10.6. The molecule has 0 radical (unpaired) electrons. The molecular weight excluding hydrogens is 354 g/mol. The minimum atomic E-state index is -0.235. The summed E-state index contributed by atoms with van der Waals surface area (Å²) in [5.74, 6) is 0.909. The van der Waals surface area contributed by atoms with Crippen LogP contribution in [-0.2, 0) is 4.79 Å². The Kier molecular flexibility index (Phi) is 5.89. The van der Waals surface area contributed by atoms with Gasteiger partial charge in [0.25, 0.3) is 0 Å². The van der Waals surface area contributed by atoms with Crippen LogP contribution in [0.4, 0.5) is 8.78 Å². The Balaban J connectivity index is 1.50. The van der Waals surface area contributed by atoms with E-state index in [0.717, 1.165) is 36.8 Å². The van der Waals surface area contributed by atoms with Gasteiger partial charge >= 0.3 is 0 Å². The average Bonchev–Trinajstić information content (AvgIpc) is 2.57. The molecule has 0 aromatic heterocycles. The maximum atomic E-state index is 13.8. The summed E-state index contributed by atoms with van der Waals surface area (Å²) in [4.78, 5) is 13.1. The van der Waals surface area contributed by atoms with Crippen LogP contribution in [0.2, 0.25) is 0 Å². The van der Waals surface area contributed by atoms with Gasteiger partial charge < -0.3 is 0 Å². The summed E-state index contributed by atoms with van der Waals surface area (Å²) in [7, 11) is 0. The lowest BCUT2D eigenvalue weighted by molar-refractivity contribution is -0.120. The first-order valence-corrected chi connectivity index (χ1v) is 10.6. The maximum Gasteiger partial charge on any atom is 0.134 e. The number of carbonyl (C=O) groups excluding carboxylic acids is 1. The van der Waals surface area contributed by atoms with Crippen LogP contribution in [0.25, 0.3) is 0 Å². The molecule has 0 aliphatic heterocycles. The van der Waals surface area contributed by atoms with Gasteiger partial charge in [0.15, 0.2) is 0 Å². The molecule has 0 bridgehead atoms. The molecule has 2 aromatic rings. The fourth-order valence-corrected chi connectivity index (χ4v) is 4.85. The van der Waals surface area contributed by atoms with Gasteiger partial charge in [0.05, 0.1) is 0 Å². The summed E-state index contributed by atoms with van der Waals surface area (Å²) < 4.78 is 27.5. The molecule has 0 unspecified atom stereocenters. The van der Waals surface area contributed by atoms with E-state index < -0.39 is 0 Å². The predicted molar refractivity (Wildman–Crippen MR) is 107 cm³/mol. The highest BCUT2D eigenvalue weighted by Crippen LogP contribution is 2.44. The van der Waals surface area contributed by atoms with Crippen molar-refractivity contribution in [3.05, 3.63) is 71.3 Å². The summed E-state index contributed by atoms with van der Waals surface area (Å²) in [5, 5.41) is 0. The molecule has 148 valence electrons. The molecule has 1 nitrogen and oxygen atoms in total. The summed E-state index contributed by atoms with van der Waals surface area (Å²) in [6, 6.07) is 13.5. The van der Waals surface area contributed by atoms with Crippen LogP contribution < -0.4 is 0 Å². The number of carbonyl (C=O) groups is 1. The van der Waals surface area contributed by atoms with E-state index in [2.05, 4.69) is 0 Å². The summed E-state index contributed by atoms with van der Waals surface area (Å²) in [6.07, 6.45) is 7.78. The van der Waals surface area contributed by atoms with Crippen LogP contribution >= 0.6 is 0 Å².